The van der Waals surface area contributed by atoms with Crippen molar-refractivity contribution in [1.29, 1.82) is 0 Å². The van der Waals surface area contributed by atoms with E-state index < -0.39 is 5.60 Å². The average molecular weight is 226 g/mol. The molecule has 3 N–H and O–H groups in total. The summed E-state index contributed by atoms with van der Waals surface area (Å²) in [5, 5.41) is 18.2. The summed E-state index contributed by atoms with van der Waals surface area (Å²) in [6, 6.07) is -0.0647. The fourth-order valence-corrected chi connectivity index (χ4v) is 1.54. The Kier molecular flexibility index (Phi) is 4.44. The molecule has 0 radical (unpaired) electrons. The number of nitrogens with two attached hydrogens (primary N) is 1. The lowest BCUT2D eigenvalue weighted by atomic mass is 9.98. The van der Waals surface area contributed by atoms with Gasteiger partial charge in [-0.05, 0) is 19.3 Å². The van der Waals surface area contributed by atoms with Crippen molar-refractivity contribution >= 4 is 0 Å². The van der Waals surface area contributed by atoms with Gasteiger partial charge in [-0.3, -0.25) is 0 Å². The van der Waals surface area contributed by atoms with Crippen LogP contribution in [-0.4, -0.2) is 25.7 Å². The molecule has 0 aromatic carbocycles. The lowest BCUT2D eigenvalue weighted by Gasteiger charge is -2.24. The molecular weight excluding hydrogens is 204 g/mol. The van der Waals surface area contributed by atoms with Gasteiger partial charge in [-0.1, -0.05) is 26.0 Å². The van der Waals surface area contributed by atoms with Gasteiger partial charge in [0.1, 0.15) is 0 Å². The van der Waals surface area contributed by atoms with Crippen molar-refractivity contribution in [3.8, 4) is 0 Å². The maximum absolute atomic E-state index is 10.2. The number of rotatable bonds is 6. The van der Waals surface area contributed by atoms with E-state index in [-0.39, 0.29) is 6.04 Å². The summed E-state index contributed by atoms with van der Waals surface area (Å²) in [6.07, 6.45) is 4.08. The number of aromatic nitrogens is 3. The zero-order valence-electron chi connectivity index (χ0n) is 10.3. The van der Waals surface area contributed by atoms with Gasteiger partial charge in [-0.15, -0.1) is 5.10 Å². The van der Waals surface area contributed by atoms with Crippen LogP contribution in [-0.2, 0) is 6.54 Å². The predicted molar refractivity (Wildman–Crippen MR) is 62.8 cm³/mol. The highest BCUT2D eigenvalue weighted by molar-refractivity contribution is 4.99. The molecule has 5 nitrogen and oxygen atoms in total. The quantitative estimate of drug-likeness (QED) is 0.765. The smallest absolute Gasteiger partial charge is 0.0994 e. The summed E-state index contributed by atoms with van der Waals surface area (Å²) < 4.78 is 1.68. The molecule has 0 aliphatic carbocycles. The fraction of sp³-hybridized carbons (Fsp3) is 0.818. The van der Waals surface area contributed by atoms with Gasteiger partial charge >= 0.3 is 0 Å². The van der Waals surface area contributed by atoms with Crippen molar-refractivity contribution in [2.24, 2.45) is 5.73 Å². The highest BCUT2D eigenvalue weighted by Gasteiger charge is 2.23. The molecule has 0 amide bonds. The first-order valence-electron chi connectivity index (χ1n) is 5.92. The van der Waals surface area contributed by atoms with Crippen LogP contribution >= 0.6 is 0 Å². The lowest BCUT2D eigenvalue weighted by molar-refractivity contribution is 0.0114. The van der Waals surface area contributed by atoms with E-state index in [1.54, 1.807) is 4.68 Å². The first kappa shape index (κ1) is 13.1. The topological polar surface area (TPSA) is 77.0 Å². The number of nitrogens with zero attached hydrogens (tertiary/aromatic N) is 3. The molecule has 1 heterocycles. The molecule has 0 aliphatic rings. The first-order chi connectivity index (χ1) is 7.54. The molecule has 1 rings (SSSR count). The second-order valence-corrected chi connectivity index (χ2v) is 4.29. The maximum atomic E-state index is 10.2. The monoisotopic (exact) mass is 226 g/mol. The Hall–Kier alpha value is -0.940. The molecular formula is C11H22N4O. The molecule has 0 aliphatic heterocycles. The van der Waals surface area contributed by atoms with Crippen LogP contribution in [0.1, 0.15) is 51.8 Å². The third kappa shape index (κ3) is 3.02. The van der Waals surface area contributed by atoms with Gasteiger partial charge in [-0.2, -0.15) is 0 Å². The van der Waals surface area contributed by atoms with Crippen LogP contribution in [0.5, 0.6) is 0 Å². The molecule has 0 bridgehead atoms. The Morgan fingerprint density at radius 2 is 2.06 bits per heavy atom. The molecule has 5 heteroatoms. The standard InChI is InChI=1S/C11H22N4O/c1-4-9(12)10-7-15(14-13-10)8-11(16,5-2)6-3/h7,9,16H,4-6,8,12H2,1-3H3. The van der Waals surface area contributed by atoms with Crippen molar-refractivity contribution in [3.63, 3.8) is 0 Å². The van der Waals surface area contributed by atoms with Crippen LogP contribution in [0, 0.1) is 0 Å². The first-order valence-corrected chi connectivity index (χ1v) is 5.92. The zero-order chi connectivity index (χ0) is 12.2. The van der Waals surface area contributed by atoms with E-state index in [2.05, 4.69) is 10.3 Å². The minimum Gasteiger partial charge on any atom is -0.388 e. The van der Waals surface area contributed by atoms with E-state index in [1.165, 1.54) is 0 Å². The van der Waals surface area contributed by atoms with Crippen molar-refractivity contribution < 1.29 is 5.11 Å². The summed E-state index contributed by atoms with van der Waals surface area (Å²) in [7, 11) is 0. The third-order valence-electron chi connectivity index (χ3n) is 3.15. The van der Waals surface area contributed by atoms with Crippen LogP contribution in [0.2, 0.25) is 0 Å². The molecule has 92 valence electrons. The Bertz CT molecular complexity index is 320. The third-order valence-corrected chi connectivity index (χ3v) is 3.15. The summed E-state index contributed by atoms with van der Waals surface area (Å²) >= 11 is 0. The van der Waals surface area contributed by atoms with E-state index in [9.17, 15) is 5.11 Å². The Labute approximate surface area is 96.6 Å². The minimum atomic E-state index is -0.693. The normalized spacial score (nSPS) is 14.1. The van der Waals surface area contributed by atoms with E-state index in [0.717, 1.165) is 12.1 Å². The molecule has 1 aromatic heterocycles. The molecule has 0 saturated carbocycles. The molecule has 16 heavy (non-hydrogen) atoms. The average Bonchev–Trinajstić information content (AvgIpc) is 2.76. The van der Waals surface area contributed by atoms with Crippen molar-refractivity contribution in [2.45, 2.75) is 58.2 Å². The summed E-state index contributed by atoms with van der Waals surface area (Å²) in [4.78, 5) is 0. The summed E-state index contributed by atoms with van der Waals surface area (Å²) in [5.74, 6) is 0. The largest absolute Gasteiger partial charge is 0.388 e. The summed E-state index contributed by atoms with van der Waals surface area (Å²) in [5.41, 5.74) is 5.95. The van der Waals surface area contributed by atoms with Gasteiger partial charge in [0.15, 0.2) is 0 Å². The van der Waals surface area contributed by atoms with Gasteiger partial charge in [0.25, 0.3) is 0 Å². The number of hydrogen-bond acceptors (Lipinski definition) is 4. The second kappa shape index (κ2) is 5.41. The highest BCUT2D eigenvalue weighted by atomic mass is 16.3. The van der Waals surface area contributed by atoms with Gasteiger partial charge in [0.05, 0.1) is 30.1 Å². The molecule has 1 aromatic rings. The van der Waals surface area contributed by atoms with Crippen LogP contribution in [0.15, 0.2) is 6.20 Å². The molecule has 1 unspecified atom stereocenters. The van der Waals surface area contributed by atoms with Crippen LogP contribution in [0.25, 0.3) is 0 Å². The van der Waals surface area contributed by atoms with Crippen molar-refractivity contribution in [2.75, 3.05) is 0 Å². The van der Waals surface area contributed by atoms with Crippen LogP contribution in [0.3, 0.4) is 0 Å². The SMILES string of the molecule is CCC(N)c1cn(CC(O)(CC)CC)nn1. The summed E-state index contributed by atoms with van der Waals surface area (Å²) in [6.45, 7) is 6.43. The van der Waals surface area contributed by atoms with E-state index >= 15 is 0 Å². The van der Waals surface area contributed by atoms with Gasteiger partial charge < -0.3 is 10.8 Å². The molecule has 0 spiro atoms. The second-order valence-electron chi connectivity index (χ2n) is 4.29. The van der Waals surface area contributed by atoms with E-state index in [1.807, 2.05) is 27.0 Å². The van der Waals surface area contributed by atoms with Gasteiger partial charge in [-0.25, -0.2) is 4.68 Å². The van der Waals surface area contributed by atoms with Crippen LogP contribution < -0.4 is 5.73 Å². The Morgan fingerprint density at radius 1 is 1.44 bits per heavy atom. The van der Waals surface area contributed by atoms with E-state index in [0.29, 0.717) is 19.4 Å². The number of aliphatic hydroxyl groups is 1. The molecule has 1 atom stereocenters. The fourth-order valence-electron chi connectivity index (χ4n) is 1.54. The minimum absolute atomic E-state index is 0.0647. The Morgan fingerprint density at radius 3 is 2.56 bits per heavy atom. The predicted octanol–water partition coefficient (Wildman–Crippen LogP) is 1.24. The Balaban J connectivity index is 2.71. The lowest BCUT2D eigenvalue weighted by Crippen LogP contribution is -2.32. The zero-order valence-corrected chi connectivity index (χ0v) is 10.3. The van der Waals surface area contributed by atoms with Crippen LogP contribution in [0.4, 0.5) is 0 Å². The maximum Gasteiger partial charge on any atom is 0.0994 e. The van der Waals surface area contributed by atoms with Gasteiger partial charge in [0.2, 0.25) is 0 Å². The van der Waals surface area contributed by atoms with Crippen molar-refractivity contribution in [1.82, 2.24) is 15.0 Å². The van der Waals surface area contributed by atoms with E-state index in [4.69, 9.17) is 5.73 Å². The van der Waals surface area contributed by atoms with Gasteiger partial charge in [0, 0.05) is 0 Å². The van der Waals surface area contributed by atoms with Crippen molar-refractivity contribution in [3.05, 3.63) is 11.9 Å². The molecule has 0 saturated heterocycles. The number of hydrogen-bond donors (Lipinski definition) is 2. The highest BCUT2D eigenvalue weighted by Crippen LogP contribution is 2.17. The molecule has 0 fully saturated rings.